The zero-order valence-corrected chi connectivity index (χ0v) is 32.2. The molecule has 0 aliphatic carbocycles. The van der Waals surface area contributed by atoms with Crippen LogP contribution in [0.15, 0.2) is 212 Å². The van der Waals surface area contributed by atoms with Gasteiger partial charge in [0.15, 0.2) is 0 Å². The number of fused-ring (bicyclic) bond motifs is 6. The zero-order chi connectivity index (χ0) is 38.6. The lowest BCUT2D eigenvalue weighted by atomic mass is 9.99. The lowest BCUT2D eigenvalue weighted by molar-refractivity contribution is 0.629. The van der Waals surface area contributed by atoms with Crippen molar-refractivity contribution in [1.82, 2.24) is 4.57 Å². The Morgan fingerprint density at radius 3 is 1.66 bits per heavy atom. The maximum Gasteiger partial charge on any atom is 0.123 e. The van der Waals surface area contributed by atoms with Crippen molar-refractivity contribution in [2.24, 2.45) is 0 Å². The molecule has 0 fully saturated rings. The van der Waals surface area contributed by atoms with Gasteiger partial charge < -0.3 is 9.47 Å². The quantitative estimate of drug-likeness (QED) is 0.157. The normalized spacial score (nSPS) is 11.5. The smallest absolute Gasteiger partial charge is 0.123 e. The van der Waals surface area contributed by atoms with Crippen LogP contribution in [-0.4, -0.2) is 4.57 Å². The van der Waals surface area contributed by atoms with Gasteiger partial charge in [-0.2, -0.15) is 0 Å². The summed E-state index contributed by atoms with van der Waals surface area (Å²) in [7, 11) is 0. The summed E-state index contributed by atoms with van der Waals surface area (Å²) >= 11 is 1.85. The van der Waals surface area contributed by atoms with Gasteiger partial charge in [-0.3, -0.25) is 0 Å². The van der Waals surface area contributed by atoms with Crippen molar-refractivity contribution in [2.75, 3.05) is 4.90 Å². The first-order valence-electron chi connectivity index (χ1n) is 19.5. The molecule has 9 aromatic carbocycles. The fourth-order valence-electron chi connectivity index (χ4n) is 8.59. The van der Waals surface area contributed by atoms with Crippen molar-refractivity contribution >= 4 is 70.4 Å². The highest BCUT2D eigenvalue weighted by atomic mass is 32.1. The lowest BCUT2D eigenvalue weighted by Crippen LogP contribution is -2.09. The first-order chi connectivity index (χ1) is 28.7. The van der Waals surface area contributed by atoms with Gasteiger partial charge in [-0.25, -0.2) is 4.39 Å². The summed E-state index contributed by atoms with van der Waals surface area (Å²) in [6, 6.07) is 74.3. The molecule has 0 bridgehead atoms. The van der Waals surface area contributed by atoms with Crippen LogP contribution in [0.2, 0.25) is 0 Å². The second-order valence-corrected chi connectivity index (χ2v) is 15.7. The van der Waals surface area contributed by atoms with Gasteiger partial charge in [0, 0.05) is 53.6 Å². The molecule has 0 unspecified atom stereocenters. The Labute approximate surface area is 339 Å². The van der Waals surface area contributed by atoms with Crippen LogP contribution in [0, 0.1) is 5.82 Å². The minimum absolute atomic E-state index is 0.235. The number of halogens is 1. The van der Waals surface area contributed by atoms with Crippen molar-refractivity contribution in [3.63, 3.8) is 0 Å². The fraction of sp³-hybridized carbons (Fsp3) is 0. The van der Waals surface area contributed by atoms with Gasteiger partial charge in [0.2, 0.25) is 0 Å². The lowest BCUT2D eigenvalue weighted by Gasteiger charge is -2.26. The fourth-order valence-corrected chi connectivity index (χ4v) is 9.73. The molecule has 2 nitrogen and oxygen atoms in total. The van der Waals surface area contributed by atoms with Crippen molar-refractivity contribution < 1.29 is 4.39 Å². The van der Waals surface area contributed by atoms with Gasteiger partial charge in [0.25, 0.3) is 0 Å². The van der Waals surface area contributed by atoms with Crippen LogP contribution in [-0.2, 0) is 0 Å². The SMILES string of the molecule is Fc1ccc2c(c1)c1ccccc1n2-c1ccccc1-c1ccc(N(c2ccc(-c3ccccc3)cc2)c2ccc(-c3cccc4sc5ccccc5c34)cc2)cc1. The number of hydrogen-bond donors (Lipinski definition) is 0. The Morgan fingerprint density at radius 2 is 0.914 bits per heavy atom. The van der Waals surface area contributed by atoms with Crippen molar-refractivity contribution in [2.45, 2.75) is 0 Å². The predicted octanol–water partition coefficient (Wildman–Crippen LogP) is 15.8. The van der Waals surface area contributed by atoms with E-state index in [-0.39, 0.29) is 5.82 Å². The van der Waals surface area contributed by atoms with Gasteiger partial charge in [0.05, 0.1) is 16.7 Å². The molecule has 11 rings (SSSR count). The summed E-state index contributed by atoms with van der Waals surface area (Å²) in [5, 5.41) is 4.55. The van der Waals surface area contributed by atoms with Crippen LogP contribution in [0.1, 0.15) is 0 Å². The van der Waals surface area contributed by atoms with E-state index >= 15 is 0 Å². The van der Waals surface area contributed by atoms with E-state index in [1.165, 1.54) is 42.4 Å². The summed E-state index contributed by atoms with van der Waals surface area (Å²) in [5.74, 6) is -0.235. The molecule has 0 amide bonds. The van der Waals surface area contributed by atoms with E-state index in [0.717, 1.165) is 55.7 Å². The molecule has 2 heterocycles. The number of rotatable bonds is 7. The highest BCUT2D eigenvalue weighted by molar-refractivity contribution is 7.25. The molecule has 0 spiro atoms. The third-order valence-corrected chi connectivity index (χ3v) is 12.4. The molecule has 2 aromatic heterocycles. The summed E-state index contributed by atoms with van der Waals surface area (Å²) in [6.07, 6.45) is 0. The molecule has 58 heavy (non-hydrogen) atoms. The average Bonchev–Trinajstić information content (AvgIpc) is 3.83. The summed E-state index contributed by atoms with van der Waals surface area (Å²) < 4.78 is 19.4. The first kappa shape index (κ1) is 34.0. The van der Waals surface area contributed by atoms with Crippen LogP contribution in [0.5, 0.6) is 0 Å². The van der Waals surface area contributed by atoms with E-state index in [4.69, 9.17) is 0 Å². The number of thiophene rings is 1. The molecule has 11 aromatic rings. The third kappa shape index (κ3) is 5.77. The monoisotopic (exact) mass is 762 g/mol. The van der Waals surface area contributed by atoms with E-state index in [0.29, 0.717) is 0 Å². The van der Waals surface area contributed by atoms with E-state index in [1.54, 1.807) is 12.1 Å². The van der Waals surface area contributed by atoms with Crippen molar-refractivity contribution in [3.8, 4) is 39.1 Å². The molecule has 274 valence electrons. The highest BCUT2D eigenvalue weighted by Gasteiger charge is 2.18. The Kier molecular flexibility index (Phi) is 8.23. The predicted molar refractivity (Wildman–Crippen MR) is 245 cm³/mol. The molecular formula is C54H35FN2S. The van der Waals surface area contributed by atoms with Gasteiger partial charge in [-0.05, 0) is 107 Å². The topological polar surface area (TPSA) is 8.17 Å². The molecule has 0 saturated heterocycles. The van der Waals surface area contributed by atoms with Gasteiger partial charge in [0.1, 0.15) is 5.82 Å². The van der Waals surface area contributed by atoms with Gasteiger partial charge in [-0.15, -0.1) is 11.3 Å². The molecule has 0 aliphatic heterocycles. The molecule has 0 saturated carbocycles. The van der Waals surface area contributed by atoms with Crippen molar-refractivity contribution in [1.29, 1.82) is 0 Å². The summed E-state index contributed by atoms with van der Waals surface area (Å²) in [4.78, 5) is 2.33. The number of benzene rings is 9. The highest BCUT2D eigenvalue weighted by Crippen LogP contribution is 2.43. The second-order valence-electron chi connectivity index (χ2n) is 14.7. The Bertz CT molecular complexity index is 3270. The van der Waals surface area contributed by atoms with Gasteiger partial charge >= 0.3 is 0 Å². The number of para-hydroxylation sites is 2. The molecular weight excluding hydrogens is 728 g/mol. The van der Waals surface area contributed by atoms with Gasteiger partial charge in [-0.1, -0.05) is 133 Å². The number of aromatic nitrogens is 1. The Morgan fingerprint density at radius 1 is 0.379 bits per heavy atom. The van der Waals surface area contributed by atoms with Crippen LogP contribution in [0.3, 0.4) is 0 Å². The van der Waals surface area contributed by atoms with E-state index in [9.17, 15) is 4.39 Å². The van der Waals surface area contributed by atoms with Crippen LogP contribution in [0.4, 0.5) is 21.5 Å². The second kappa shape index (κ2) is 14.0. The minimum atomic E-state index is -0.235. The minimum Gasteiger partial charge on any atom is -0.311 e. The summed E-state index contributed by atoms with van der Waals surface area (Å²) in [5.41, 5.74) is 13.3. The molecule has 4 heteroatoms. The molecule has 0 aliphatic rings. The number of nitrogens with zero attached hydrogens (tertiary/aromatic N) is 2. The average molecular weight is 763 g/mol. The van der Waals surface area contributed by atoms with E-state index in [2.05, 4.69) is 191 Å². The van der Waals surface area contributed by atoms with E-state index < -0.39 is 0 Å². The van der Waals surface area contributed by atoms with E-state index in [1.807, 2.05) is 29.5 Å². The molecule has 0 N–H and O–H groups in total. The van der Waals surface area contributed by atoms with Crippen LogP contribution in [0.25, 0.3) is 81.0 Å². The van der Waals surface area contributed by atoms with Crippen molar-refractivity contribution in [3.05, 3.63) is 218 Å². The number of hydrogen-bond acceptors (Lipinski definition) is 2. The largest absolute Gasteiger partial charge is 0.311 e. The molecule has 0 radical (unpaired) electrons. The third-order valence-electron chi connectivity index (χ3n) is 11.3. The zero-order valence-electron chi connectivity index (χ0n) is 31.4. The Hall–Kier alpha value is -7.27. The van der Waals surface area contributed by atoms with Crippen LogP contribution >= 0.6 is 11.3 Å². The summed E-state index contributed by atoms with van der Waals surface area (Å²) in [6.45, 7) is 0. The first-order valence-corrected chi connectivity index (χ1v) is 20.3. The molecule has 0 atom stereocenters. The number of anilines is 3. The maximum atomic E-state index is 14.5. The Balaban J connectivity index is 1.01. The maximum absolute atomic E-state index is 14.5. The van der Waals surface area contributed by atoms with Crippen LogP contribution < -0.4 is 4.90 Å². The standard InChI is InChI=1S/C54H35FN2S/c55-40-27-34-51-48(35-40)46-14-5-8-18-50(46)57(51)49-17-7-4-13-44(49)38-23-30-42(31-24-38)56(41-28-21-37(22-29-41)36-11-2-1-3-12-36)43-32-25-39(26-33-43)45-16-10-20-53-54(45)47-15-6-9-19-52(47)58-53/h1-35H.